The van der Waals surface area contributed by atoms with Gasteiger partial charge in [0, 0.05) is 17.9 Å². The Bertz CT molecular complexity index is 1330. The van der Waals surface area contributed by atoms with E-state index in [1.165, 1.54) is 0 Å². The van der Waals surface area contributed by atoms with Gasteiger partial charge in [-0.05, 0) is 73.0 Å². The quantitative estimate of drug-likeness (QED) is 0.173. The highest BCUT2D eigenvalue weighted by molar-refractivity contribution is 7.65. The molecule has 8 heteroatoms. The van der Waals surface area contributed by atoms with Crippen molar-refractivity contribution in [2.24, 2.45) is 0 Å². The van der Waals surface area contributed by atoms with Crippen molar-refractivity contribution in [1.82, 2.24) is 5.32 Å². The van der Waals surface area contributed by atoms with Gasteiger partial charge in [-0.15, -0.1) is 0 Å². The largest absolute Gasteiger partial charge is 0.491 e. The Labute approximate surface area is 235 Å². The maximum absolute atomic E-state index is 12.5. The van der Waals surface area contributed by atoms with Crippen molar-refractivity contribution in [3.63, 3.8) is 0 Å². The zero-order valence-corrected chi connectivity index (χ0v) is 23.5. The first-order valence-electron chi connectivity index (χ1n) is 13.3. The summed E-state index contributed by atoms with van der Waals surface area (Å²) in [5.41, 5.74) is 2.19. The number of hydrogen-bond donors (Lipinski definition) is 3. The lowest BCUT2D eigenvalue weighted by atomic mass is 10.1. The lowest BCUT2D eigenvalue weighted by molar-refractivity contribution is 0.104. The van der Waals surface area contributed by atoms with E-state index in [9.17, 15) is 14.6 Å². The number of benzene rings is 4. The van der Waals surface area contributed by atoms with Crippen LogP contribution in [0.4, 0.5) is 0 Å². The third-order valence-corrected chi connectivity index (χ3v) is 7.83. The van der Waals surface area contributed by atoms with Gasteiger partial charge < -0.3 is 29.5 Å². The van der Waals surface area contributed by atoms with Crippen LogP contribution in [0.3, 0.4) is 0 Å². The standard InChI is InChI=1S/C32H36NO6P/c1-25(20-26-12-14-31(15-13-26)39-24-40(35,36)32-10-6-3-7-11-32)33-21-28(34)23-38-30-18-16-29(17-19-30)37-22-27-8-4-2-5-9-27/h2-19,25,28,33-34H,20-24H2,1H3,(H,35,36)/t25-,28+/m1/s1. The van der Waals surface area contributed by atoms with Crippen LogP contribution in [0.15, 0.2) is 109 Å². The molecule has 0 saturated heterocycles. The summed E-state index contributed by atoms with van der Waals surface area (Å²) in [6.45, 7) is 3.12. The summed E-state index contributed by atoms with van der Waals surface area (Å²) in [4.78, 5) is 10.3. The van der Waals surface area contributed by atoms with Crippen molar-refractivity contribution in [2.75, 3.05) is 19.5 Å². The Hall–Kier alpha value is -3.61. The summed E-state index contributed by atoms with van der Waals surface area (Å²) in [5, 5.41) is 14.1. The molecular weight excluding hydrogens is 525 g/mol. The fourth-order valence-corrected chi connectivity index (χ4v) is 5.12. The normalized spacial score (nSPS) is 14.1. The maximum atomic E-state index is 12.5. The fourth-order valence-electron chi connectivity index (χ4n) is 4.01. The van der Waals surface area contributed by atoms with Gasteiger partial charge in [-0.25, -0.2) is 0 Å². The maximum Gasteiger partial charge on any atom is 0.265 e. The molecule has 0 aromatic heterocycles. The predicted molar refractivity (Wildman–Crippen MR) is 158 cm³/mol. The highest BCUT2D eigenvalue weighted by Crippen LogP contribution is 2.39. The first kappa shape index (κ1) is 29.4. The van der Waals surface area contributed by atoms with E-state index in [2.05, 4.69) is 5.32 Å². The molecule has 0 aliphatic heterocycles. The smallest absolute Gasteiger partial charge is 0.265 e. The predicted octanol–water partition coefficient (Wildman–Crippen LogP) is 5.16. The monoisotopic (exact) mass is 561 g/mol. The Morgan fingerprint density at radius 2 is 1.27 bits per heavy atom. The summed E-state index contributed by atoms with van der Waals surface area (Å²) in [6, 6.07) is 33.5. The number of hydrogen-bond acceptors (Lipinski definition) is 6. The van der Waals surface area contributed by atoms with Gasteiger partial charge in [0.2, 0.25) is 0 Å². The zero-order chi connectivity index (χ0) is 28.2. The van der Waals surface area contributed by atoms with E-state index >= 15 is 0 Å². The lowest BCUT2D eigenvalue weighted by Gasteiger charge is -2.18. The van der Waals surface area contributed by atoms with Crippen LogP contribution in [0.5, 0.6) is 17.2 Å². The second-order valence-electron chi connectivity index (χ2n) is 9.68. The molecule has 3 atom stereocenters. The summed E-state index contributed by atoms with van der Waals surface area (Å²) >= 11 is 0. The highest BCUT2D eigenvalue weighted by atomic mass is 31.2. The number of nitrogens with one attached hydrogen (secondary N) is 1. The minimum Gasteiger partial charge on any atom is -0.491 e. The number of ether oxygens (including phenoxy) is 3. The topological polar surface area (TPSA) is 97.3 Å². The second-order valence-corrected chi connectivity index (χ2v) is 11.9. The van der Waals surface area contributed by atoms with Crippen LogP contribution in [-0.2, 0) is 17.6 Å². The van der Waals surface area contributed by atoms with Gasteiger partial charge in [0.1, 0.15) is 36.6 Å². The van der Waals surface area contributed by atoms with Gasteiger partial charge in [0.05, 0.1) is 0 Å². The molecule has 4 aromatic rings. The van der Waals surface area contributed by atoms with E-state index in [0.29, 0.717) is 30.0 Å². The van der Waals surface area contributed by atoms with Gasteiger partial charge in [-0.1, -0.05) is 60.7 Å². The number of rotatable bonds is 15. The van der Waals surface area contributed by atoms with E-state index in [4.69, 9.17) is 14.2 Å². The van der Waals surface area contributed by atoms with Crippen LogP contribution in [-0.4, -0.2) is 41.6 Å². The van der Waals surface area contributed by atoms with E-state index in [-0.39, 0.29) is 19.0 Å². The molecule has 7 nitrogen and oxygen atoms in total. The van der Waals surface area contributed by atoms with Crippen molar-refractivity contribution in [2.45, 2.75) is 32.1 Å². The molecule has 0 spiro atoms. The Balaban J connectivity index is 1.13. The summed E-state index contributed by atoms with van der Waals surface area (Å²) in [5.74, 6) is 1.97. The molecule has 1 unspecified atom stereocenters. The van der Waals surface area contributed by atoms with Gasteiger partial charge in [0.25, 0.3) is 7.37 Å². The van der Waals surface area contributed by atoms with E-state index in [1.807, 2.05) is 73.7 Å². The van der Waals surface area contributed by atoms with Crippen LogP contribution in [0, 0.1) is 0 Å². The minimum atomic E-state index is -3.58. The van der Waals surface area contributed by atoms with E-state index in [1.54, 1.807) is 42.5 Å². The average Bonchev–Trinajstić information content (AvgIpc) is 2.99. The van der Waals surface area contributed by atoms with Crippen molar-refractivity contribution in [1.29, 1.82) is 0 Å². The van der Waals surface area contributed by atoms with Gasteiger partial charge in [-0.2, -0.15) is 0 Å². The molecule has 4 rings (SSSR count). The van der Waals surface area contributed by atoms with Crippen molar-refractivity contribution >= 4 is 12.7 Å². The molecule has 0 heterocycles. The zero-order valence-electron chi connectivity index (χ0n) is 22.6. The SMILES string of the molecule is C[C@H](Cc1ccc(OCP(=O)(O)c2ccccc2)cc1)NC[C@H](O)COc1ccc(OCc2ccccc2)cc1. The van der Waals surface area contributed by atoms with Crippen molar-refractivity contribution < 1.29 is 28.8 Å². The van der Waals surface area contributed by atoms with Crippen LogP contribution < -0.4 is 24.8 Å². The van der Waals surface area contributed by atoms with Crippen molar-refractivity contribution in [3.8, 4) is 17.2 Å². The first-order valence-corrected chi connectivity index (χ1v) is 15.1. The number of aliphatic hydroxyl groups is 1. The molecule has 0 radical (unpaired) electrons. The molecule has 0 bridgehead atoms. The molecule has 0 amide bonds. The number of aliphatic hydroxyl groups excluding tert-OH is 1. The van der Waals surface area contributed by atoms with Crippen LogP contribution >= 0.6 is 7.37 Å². The van der Waals surface area contributed by atoms with Gasteiger partial charge >= 0.3 is 0 Å². The van der Waals surface area contributed by atoms with Crippen LogP contribution in [0.2, 0.25) is 0 Å². The average molecular weight is 562 g/mol. The molecule has 0 saturated carbocycles. The molecule has 4 aromatic carbocycles. The molecule has 0 fully saturated rings. The minimum absolute atomic E-state index is 0.123. The molecule has 40 heavy (non-hydrogen) atoms. The Kier molecular flexibility index (Phi) is 10.8. The van der Waals surface area contributed by atoms with Gasteiger partial charge in [0.15, 0.2) is 6.35 Å². The van der Waals surface area contributed by atoms with Crippen LogP contribution in [0.25, 0.3) is 0 Å². The third-order valence-electron chi connectivity index (χ3n) is 6.25. The lowest BCUT2D eigenvalue weighted by Crippen LogP contribution is -2.37. The summed E-state index contributed by atoms with van der Waals surface area (Å²) in [7, 11) is -3.58. The molecule has 210 valence electrons. The Morgan fingerprint density at radius 3 is 1.93 bits per heavy atom. The summed E-state index contributed by atoms with van der Waals surface area (Å²) in [6.07, 6.45) is -0.188. The second kappa shape index (κ2) is 14.7. The third kappa shape index (κ3) is 9.54. The highest BCUT2D eigenvalue weighted by Gasteiger charge is 2.22. The van der Waals surface area contributed by atoms with E-state index < -0.39 is 13.5 Å². The molecule has 0 aliphatic rings. The molecule has 3 N–H and O–H groups in total. The van der Waals surface area contributed by atoms with E-state index in [0.717, 1.165) is 23.3 Å². The molecule has 0 aliphatic carbocycles. The first-order chi connectivity index (χ1) is 19.4. The molecular formula is C32H36NO6P. The van der Waals surface area contributed by atoms with Gasteiger partial charge in [-0.3, -0.25) is 4.57 Å². The summed E-state index contributed by atoms with van der Waals surface area (Å²) < 4.78 is 29.6. The fraction of sp³-hybridized carbons (Fsp3) is 0.250. The van der Waals surface area contributed by atoms with Crippen molar-refractivity contribution in [3.05, 3.63) is 120 Å². The Morgan fingerprint density at radius 1 is 0.725 bits per heavy atom. The van der Waals surface area contributed by atoms with Crippen LogP contribution in [0.1, 0.15) is 18.1 Å².